The molecule has 2 N–H and O–H groups in total. The number of guanidine groups is 1. The van der Waals surface area contributed by atoms with Crippen molar-refractivity contribution in [1.29, 1.82) is 0 Å². The number of carbonyl (C=O) groups excluding carboxylic acids is 1. The lowest BCUT2D eigenvalue weighted by atomic mass is 10.0. The number of methoxy groups -OCH3 is 2. The zero-order valence-corrected chi connectivity index (χ0v) is 17.5. The van der Waals surface area contributed by atoms with Crippen molar-refractivity contribution in [3.63, 3.8) is 0 Å². The maximum Gasteiger partial charge on any atom is 0.310 e. The van der Waals surface area contributed by atoms with E-state index < -0.39 is 0 Å². The SMILES string of the molecule is CCNC(=NCC(C)C(=O)OC)NCC(c1ccccc1OC)N1CCCC1. The highest BCUT2D eigenvalue weighted by Crippen LogP contribution is 2.31. The van der Waals surface area contributed by atoms with Crippen LogP contribution in [0.2, 0.25) is 0 Å². The number of esters is 1. The van der Waals surface area contributed by atoms with Crippen molar-refractivity contribution < 1.29 is 14.3 Å². The summed E-state index contributed by atoms with van der Waals surface area (Å²) in [7, 11) is 3.12. The molecule has 0 bridgehead atoms. The van der Waals surface area contributed by atoms with Crippen molar-refractivity contribution >= 4 is 11.9 Å². The summed E-state index contributed by atoms with van der Waals surface area (Å²) in [4.78, 5) is 18.7. The van der Waals surface area contributed by atoms with Crippen LogP contribution in [0.25, 0.3) is 0 Å². The summed E-state index contributed by atoms with van der Waals surface area (Å²) in [5.74, 6) is 1.09. The number of likely N-dealkylation sites (tertiary alicyclic amines) is 1. The van der Waals surface area contributed by atoms with E-state index in [2.05, 4.69) is 32.7 Å². The summed E-state index contributed by atoms with van der Waals surface area (Å²) in [6.07, 6.45) is 2.44. The smallest absolute Gasteiger partial charge is 0.310 e. The molecule has 1 aliphatic heterocycles. The predicted molar refractivity (Wildman–Crippen MR) is 112 cm³/mol. The lowest BCUT2D eigenvalue weighted by Gasteiger charge is -2.30. The number of nitrogens with zero attached hydrogens (tertiary/aromatic N) is 2. The minimum Gasteiger partial charge on any atom is -0.496 e. The summed E-state index contributed by atoms with van der Waals surface area (Å²) in [5, 5.41) is 6.71. The van der Waals surface area contributed by atoms with E-state index in [-0.39, 0.29) is 17.9 Å². The molecule has 0 spiro atoms. The number of hydrogen-bond donors (Lipinski definition) is 2. The first-order chi connectivity index (χ1) is 13.6. The Hall–Kier alpha value is -2.28. The molecule has 1 aliphatic rings. The van der Waals surface area contributed by atoms with Crippen LogP contribution in [0.15, 0.2) is 29.3 Å². The predicted octanol–water partition coefficient (Wildman–Crippen LogP) is 2.20. The van der Waals surface area contributed by atoms with Gasteiger partial charge in [-0.05, 0) is 38.9 Å². The van der Waals surface area contributed by atoms with Gasteiger partial charge in [-0.15, -0.1) is 0 Å². The lowest BCUT2D eigenvalue weighted by Crippen LogP contribution is -2.43. The zero-order valence-electron chi connectivity index (χ0n) is 17.5. The molecule has 2 rings (SSSR count). The van der Waals surface area contributed by atoms with E-state index in [4.69, 9.17) is 9.47 Å². The van der Waals surface area contributed by atoms with Crippen LogP contribution in [0, 0.1) is 5.92 Å². The highest BCUT2D eigenvalue weighted by atomic mass is 16.5. The average molecular weight is 391 g/mol. The molecule has 2 unspecified atom stereocenters. The Bertz CT molecular complexity index is 644. The minimum absolute atomic E-state index is 0.195. The molecule has 0 radical (unpaired) electrons. The molecule has 1 aromatic carbocycles. The van der Waals surface area contributed by atoms with E-state index in [1.54, 1.807) is 7.11 Å². The van der Waals surface area contributed by atoms with Crippen LogP contribution in [0.1, 0.15) is 38.3 Å². The molecular weight excluding hydrogens is 356 g/mol. The minimum atomic E-state index is -0.274. The molecule has 7 heteroatoms. The van der Waals surface area contributed by atoms with E-state index >= 15 is 0 Å². The van der Waals surface area contributed by atoms with Crippen molar-refractivity contribution in [2.24, 2.45) is 10.9 Å². The van der Waals surface area contributed by atoms with Crippen molar-refractivity contribution in [3.05, 3.63) is 29.8 Å². The van der Waals surface area contributed by atoms with Gasteiger partial charge < -0.3 is 20.1 Å². The number of carbonyl (C=O) groups is 1. The van der Waals surface area contributed by atoms with Crippen LogP contribution in [0.3, 0.4) is 0 Å². The van der Waals surface area contributed by atoms with Crippen molar-refractivity contribution in [2.45, 2.75) is 32.7 Å². The lowest BCUT2D eigenvalue weighted by molar-refractivity contribution is -0.144. The Kier molecular flexibility index (Phi) is 9.07. The molecule has 0 saturated carbocycles. The summed E-state index contributed by atoms with van der Waals surface area (Å²) in [6, 6.07) is 8.39. The van der Waals surface area contributed by atoms with Gasteiger partial charge in [-0.1, -0.05) is 25.1 Å². The van der Waals surface area contributed by atoms with Gasteiger partial charge in [-0.25, -0.2) is 0 Å². The highest BCUT2D eigenvalue weighted by molar-refractivity contribution is 5.80. The standard InChI is InChI=1S/C21H34N4O3/c1-5-22-21(23-14-16(2)20(26)28-4)24-15-18(25-12-8-9-13-25)17-10-6-7-11-19(17)27-3/h6-7,10-11,16,18H,5,8-9,12-15H2,1-4H3,(H2,22,23,24). The van der Waals surface area contributed by atoms with Gasteiger partial charge in [-0.3, -0.25) is 14.7 Å². The summed E-state index contributed by atoms with van der Waals surface area (Å²) < 4.78 is 10.4. The Balaban J connectivity index is 2.12. The first-order valence-electron chi connectivity index (χ1n) is 10.1. The molecule has 1 aromatic rings. The van der Waals surface area contributed by atoms with E-state index in [1.165, 1.54) is 25.5 Å². The molecule has 0 aromatic heterocycles. The Morgan fingerprint density at radius 2 is 1.93 bits per heavy atom. The Labute approximate surface area is 168 Å². The van der Waals surface area contributed by atoms with Gasteiger partial charge in [-0.2, -0.15) is 0 Å². The number of para-hydroxylation sites is 1. The van der Waals surface area contributed by atoms with Crippen LogP contribution >= 0.6 is 0 Å². The third-order valence-electron chi connectivity index (χ3n) is 5.01. The van der Waals surface area contributed by atoms with Crippen LogP contribution in [0.4, 0.5) is 0 Å². The van der Waals surface area contributed by atoms with Gasteiger partial charge in [0.05, 0.1) is 32.7 Å². The van der Waals surface area contributed by atoms with E-state index in [0.29, 0.717) is 19.0 Å². The van der Waals surface area contributed by atoms with E-state index in [1.807, 2.05) is 26.0 Å². The summed E-state index contributed by atoms with van der Waals surface area (Å²) in [5.41, 5.74) is 1.18. The monoisotopic (exact) mass is 390 g/mol. The normalized spacial score (nSPS) is 17.1. The molecule has 156 valence electrons. The highest BCUT2D eigenvalue weighted by Gasteiger charge is 2.26. The zero-order chi connectivity index (χ0) is 20.4. The molecule has 0 amide bonds. The third-order valence-corrected chi connectivity index (χ3v) is 5.01. The molecule has 7 nitrogen and oxygen atoms in total. The summed E-state index contributed by atoms with van der Waals surface area (Å²) >= 11 is 0. The molecule has 28 heavy (non-hydrogen) atoms. The quantitative estimate of drug-likeness (QED) is 0.383. The van der Waals surface area contributed by atoms with E-state index in [9.17, 15) is 4.79 Å². The molecule has 0 aliphatic carbocycles. The van der Waals surface area contributed by atoms with Crippen LogP contribution in [0.5, 0.6) is 5.75 Å². The third kappa shape index (κ3) is 6.12. The number of ether oxygens (including phenoxy) is 2. The number of nitrogens with one attached hydrogen (secondary N) is 2. The van der Waals surface area contributed by atoms with Gasteiger partial charge in [0, 0.05) is 18.7 Å². The van der Waals surface area contributed by atoms with Crippen molar-refractivity contribution in [3.8, 4) is 5.75 Å². The van der Waals surface area contributed by atoms with E-state index in [0.717, 1.165) is 25.4 Å². The maximum absolute atomic E-state index is 11.6. The first-order valence-corrected chi connectivity index (χ1v) is 10.1. The second-order valence-corrected chi connectivity index (χ2v) is 7.03. The number of benzene rings is 1. The fourth-order valence-electron chi connectivity index (χ4n) is 3.47. The van der Waals surface area contributed by atoms with Crippen molar-refractivity contribution in [1.82, 2.24) is 15.5 Å². The fourth-order valence-corrected chi connectivity index (χ4v) is 3.47. The Morgan fingerprint density at radius 3 is 2.57 bits per heavy atom. The Morgan fingerprint density at radius 1 is 1.21 bits per heavy atom. The molecule has 1 heterocycles. The van der Waals surface area contributed by atoms with Gasteiger partial charge in [0.1, 0.15) is 5.75 Å². The molecule has 2 atom stereocenters. The van der Waals surface area contributed by atoms with Gasteiger partial charge >= 0.3 is 5.97 Å². The largest absolute Gasteiger partial charge is 0.496 e. The number of rotatable bonds is 9. The van der Waals surface area contributed by atoms with Gasteiger partial charge in [0.25, 0.3) is 0 Å². The van der Waals surface area contributed by atoms with Crippen molar-refractivity contribution in [2.75, 3.05) is 46.9 Å². The maximum atomic E-state index is 11.6. The van der Waals surface area contributed by atoms with Gasteiger partial charge in [0.2, 0.25) is 0 Å². The second-order valence-electron chi connectivity index (χ2n) is 7.03. The molecular formula is C21H34N4O3. The average Bonchev–Trinajstić information content (AvgIpc) is 3.26. The van der Waals surface area contributed by atoms with Crippen LogP contribution in [-0.4, -0.2) is 63.8 Å². The number of hydrogen-bond acceptors (Lipinski definition) is 5. The fraction of sp³-hybridized carbons (Fsp3) is 0.619. The van der Waals surface area contributed by atoms with Crippen LogP contribution < -0.4 is 15.4 Å². The number of aliphatic imine (C=N–C) groups is 1. The summed E-state index contributed by atoms with van der Waals surface area (Å²) in [6.45, 7) is 7.85. The molecule has 1 saturated heterocycles. The first kappa shape index (κ1) is 22.0. The molecule has 1 fully saturated rings. The van der Waals surface area contributed by atoms with Gasteiger partial charge in [0.15, 0.2) is 5.96 Å². The topological polar surface area (TPSA) is 75.2 Å². The van der Waals surface area contributed by atoms with Crippen LogP contribution in [-0.2, 0) is 9.53 Å². The second kappa shape index (κ2) is 11.5.